The minimum atomic E-state index is -0.241. The van der Waals surface area contributed by atoms with Crippen molar-refractivity contribution >= 4 is 33.3 Å². The number of nitriles is 1. The van der Waals surface area contributed by atoms with Crippen molar-refractivity contribution in [3.05, 3.63) is 82.6 Å². The van der Waals surface area contributed by atoms with Crippen molar-refractivity contribution in [1.29, 1.82) is 5.26 Å². The third kappa shape index (κ3) is 3.21. The molecule has 2 heterocycles. The van der Waals surface area contributed by atoms with Crippen molar-refractivity contribution in [1.82, 2.24) is 4.98 Å². The predicted molar refractivity (Wildman–Crippen MR) is 100 cm³/mol. The number of carbonyl (C=O) groups is 1. The van der Waals surface area contributed by atoms with E-state index in [1.165, 1.54) is 17.6 Å². The number of thiazole rings is 1. The fourth-order valence-corrected chi connectivity index (χ4v) is 3.51. The smallest absolute Gasteiger partial charge is 0.261 e. The Labute approximate surface area is 153 Å². The quantitative estimate of drug-likeness (QED) is 0.577. The molecule has 126 valence electrons. The molecule has 0 unspecified atom stereocenters. The molecule has 2 aromatic heterocycles. The van der Waals surface area contributed by atoms with Crippen LogP contribution in [0.3, 0.4) is 0 Å². The fourth-order valence-electron chi connectivity index (χ4n) is 2.66. The lowest BCUT2D eigenvalue weighted by Crippen LogP contribution is -2.10. The molecular weight excluding hydrogens is 346 g/mol. The molecule has 1 N–H and O–H groups in total. The zero-order valence-corrected chi connectivity index (χ0v) is 14.4. The Kier molecular flexibility index (Phi) is 4.22. The molecule has 4 aromatic rings. The van der Waals surface area contributed by atoms with Gasteiger partial charge in [-0.3, -0.25) is 10.1 Å². The largest absolute Gasteiger partial charge is 0.463 e. The van der Waals surface area contributed by atoms with Gasteiger partial charge in [0, 0.05) is 22.9 Å². The Morgan fingerprint density at radius 1 is 1.19 bits per heavy atom. The van der Waals surface area contributed by atoms with Crippen LogP contribution in [0.2, 0.25) is 0 Å². The molecule has 0 fully saturated rings. The van der Waals surface area contributed by atoms with Gasteiger partial charge in [-0.05, 0) is 23.8 Å². The van der Waals surface area contributed by atoms with Gasteiger partial charge in [-0.2, -0.15) is 5.26 Å². The van der Waals surface area contributed by atoms with Gasteiger partial charge in [0.2, 0.25) is 0 Å². The second-order valence-electron chi connectivity index (χ2n) is 5.72. The van der Waals surface area contributed by atoms with Crippen molar-refractivity contribution in [3.8, 4) is 6.07 Å². The first kappa shape index (κ1) is 16.1. The van der Waals surface area contributed by atoms with Crippen molar-refractivity contribution < 1.29 is 9.21 Å². The summed E-state index contributed by atoms with van der Waals surface area (Å²) < 4.78 is 5.41. The number of furan rings is 1. The summed E-state index contributed by atoms with van der Waals surface area (Å²) in [5, 5.41) is 13.0. The number of fused-ring (bicyclic) bond motifs is 1. The summed E-state index contributed by atoms with van der Waals surface area (Å²) in [5.41, 5.74) is 2.90. The Morgan fingerprint density at radius 3 is 2.81 bits per heavy atom. The van der Waals surface area contributed by atoms with E-state index in [1.54, 1.807) is 18.3 Å². The minimum Gasteiger partial charge on any atom is -0.463 e. The highest BCUT2D eigenvalue weighted by molar-refractivity contribution is 7.15. The maximum absolute atomic E-state index is 12.5. The standard InChI is InChI=1S/C20H13N3O2S/c21-10-14-7-5-13(6-8-14)9-15-11-22-20(26-15)23-19(24)17-12-25-18-4-2-1-3-16(17)18/h1-8,11-12H,9H2,(H,22,23,24). The monoisotopic (exact) mass is 359 g/mol. The Hall–Kier alpha value is -3.43. The van der Waals surface area contributed by atoms with Crippen LogP contribution < -0.4 is 5.32 Å². The first-order valence-corrected chi connectivity index (χ1v) is 8.76. The van der Waals surface area contributed by atoms with Crippen LogP contribution in [0.5, 0.6) is 0 Å². The topological polar surface area (TPSA) is 78.9 Å². The molecule has 0 aliphatic rings. The van der Waals surface area contributed by atoms with E-state index in [9.17, 15) is 4.79 Å². The second kappa shape index (κ2) is 6.82. The number of carbonyl (C=O) groups excluding carboxylic acids is 1. The normalized spacial score (nSPS) is 10.6. The van der Waals surface area contributed by atoms with Crippen LogP contribution >= 0.6 is 11.3 Å². The zero-order valence-electron chi connectivity index (χ0n) is 13.6. The predicted octanol–water partition coefficient (Wildman–Crippen LogP) is 4.60. The summed E-state index contributed by atoms with van der Waals surface area (Å²) in [6.45, 7) is 0. The number of anilines is 1. The molecule has 0 bridgehead atoms. The summed E-state index contributed by atoms with van der Waals surface area (Å²) in [6.07, 6.45) is 3.92. The maximum Gasteiger partial charge on any atom is 0.261 e. The van der Waals surface area contributed by atoms with Gasteiger partial charge in [-0.25, -0.2) is 4.98 Å². The fraction of sp³-hybridized carbons (Fsp3) is 0.0500. The summed E-state index contributed by atoms with van der Waals surface area (Å²) in [7, 11) is 0. The van der Waals surface area contributed by atoms with Crippen molar-refractivity contribution in [3.63, 3.8) is 0 Å². The molecule has 0 atom stereocenters. The molecule has 0 saturated carbocycles. The van der Waals surface area contributed by atoms with Crippen LogP contribution in [0.15, 0.2) is 65.4 Å². The third-order valence-corrected chi connectivity index (χ3v) is 4.87. The highest BCUT2D eigenvalue weighted by atomic mass is 32.1. The number of hydrogen-bond acceptors (Lipinski definition) is 5. The summed E-state index contributed by atoms with van der Waals surface area (Å²) in [5.74, 6) is -0.241. The van der Waals surface area contributed by atoms with E-state index in [0.717, 1.165) is 15.8 Å². The number of amides is 1. The lowest BCUT2D eigenvalue weighted by Gasteiger charge is -1.99. The number of rotatable bonds is 4. The number of aromatic nitrogens is 1. The van der Waals surface area contributed by atoms with Gasteiger partial charge in [0.25, 0.3) is 5.91 Å². The third-order valence-electron chi connectivity index (χ3n) is 3.96. The average molecular weight is 359 g/mol. The van der Waals surface area contributed by atoms with E-state index in [0.29, 0.717) is 28.3 Å². The number of nitrogens with one attached hydrogen (secondary N) is 1. The maximum atomic E-state index is 12.5. The van der Waals surface area contributed by atoms with Crippen molar-refractivity contribution in [2.24, 2.45) is 0 Å². The van der Waals surface area contributed by atoms with Crippen LogP contribution in [-0.4, -0.2) is 10.9 Å². The number of hydrogen-bond donors (Lipinski definition) is 1. The van der Waals surface area contributed by atoms with Crippen molar-refractivity contribution in [2.45, 2.75) is 6.42 Å². The average Bonchev–Trinajstić information content (AvgIpc) is 3.29. The Morgan fingerprint density at radius 2 is 2.00 bits per heavy atom. The highest BCUT2D eigenvalue weighted by Gasteiger charge is 2.15. The molecule has 0 saturated heterocycles. The molecule has 6 heteroatoms. The van der Waals surface area contributed by atoms with Gasteiger partial charge in [0.05, 0.1) is 17.2 Å². The lowest BCUT2D eigenvalue weighted by atomic mass is 10.1. The van der Waals surface area contributed by atoms with E-state index in [2.05, 4.69) is 16.4 Å². The molecule has 26 heavy (non-hydrogen) atoms. The highest BCUT2D eigenvalue weighted by Crippen LogP contribution is 2.25. The molecule has 2 aromatic carbocycles. The van der Waals surface area contributed by atoms with Crippen LogP contribution in [-0.2, 0) is 6.42 Å². The second-order valence-corrected chi connectivity index (χ2v) is 6.83. The van der Waals surface area contributed by atoms with Crippen LogP contribution in [0.4, 0.5) is 5.13 Å². The van der Waals surface area contributed by atoms with Gasteiger partial charge in [-0.15, -0.1) is 11.3 Å². The lowest BCUT2D eigenvalue weighted by molar-refractivity contribution is 0.102. The SMILES string of the molecule is N#Cc1ccc(Cc2cnc(NC(=O)c3coc4ccccc34)s2)cc1. The first-order valence-electron chi connectivity index (χ1n) is 7.94. The van der Waals surface area contributed by atoms with E-state index in [-0.39, 0.29) is 5.91 Å². The molecule has 4 rings (SSSR count). The van der Waals surface area contributed by atoms with Gasteiger partial charge in [0.15, 0.2) is 5.13 Å². The van der Waals surface area contributed by atoms with Gasteiger partial charge in [-0.1, -0.05) is 30.3 Å². The number of nitrogens with zero attached hydrogens (tertiary/aromatic N) is 2. The molecule has 1 amide bonds. The molecule has 0 aliphatic heterocycles. The van der Waals surface area contributed by atoms with Crippen LogP contribution in [0.1, 0.15) is 26.4 Å². The molecular formula is C20H13N3O2S. The zero-order chi connectivity index (χ0) is 17.9. The van der Waals surface area contributed by atoms with E-state index in [1.807, 2.05) is 36.4 Å². The van der Waals surface area contributed by atoms with Gasteiger partial charge >= 0.3 is 0 Å². The van der Waals surface area contributed by atoms with Gasteiger partial charge in [0.1, 0.15) is 11.8 Å². The van der Waals surface area contributed by atoms with E-state index in [4.69, 9.17) is 9.68 Å². The van der Waals surface area contributed by atoms with Crippen LogP contribution in [0.25, 0.3) is 11.0 Å². The van der Waals surface area contributed by atoms with Crippen molar-refractivity contribution in [2.75, 3.05) is 5.32 Å². The molecule has 0 aliphatic carbocycles. The summed E-state index contributed by atoms with van der Waals surface area (Å²) in [6, 6.07) is 17.0. The van der Waals surface area contributed by atoms with E-state index < -0.39 is 0 Å². The Balaban J connectivity index is 1.47. The van der Waals surface area contributed by atoms with Crippen LogP contribution in [0, 0.1) is 11.3 Å². The summed E-state index contributed by atoms with van der Waals surface area (Å²) >= 11 is 1.43. The molecule has 5 nitrogen and oxygen atoms in total. The summed E-state index contributed by atoms with van der Waals surface area (Å²) in [4.78, 5) is 17.8. The Bertz CT molecular complexity index is 1120. The number of benzene rings is 2. The number of para-hydroxylation sites is 1. The minimum absolute atomic E-state index is 0.241. The first-order chi connectivity index (χ1) is 12.7. The van der Waals surface area contributed by atoms with Gasteiger partial charge < -0.3 is 4.42 Å². The van der Waals surface area contributed by atoms with E-state index >= 15 is 0 Å². The molecule has 0 spiro atoms. The molecule has 0 radical (unpaired) electrons.